The Labute approximate surface area is 160 Å². The number of thiophene rings is 2. The first-order valence-corrected chi connectivity index (χ1v) is 10.1. The summed E-state index contributed by atoms with van der Waals surface area (Å²) in [5, 5.41) is 5.92. The number of carbonyl (C=O) groups is 2. The molecule has 2 amide bonds. The van der Waals surface area contributed by atoms with Gasteiger partial charge in [-0.1, -0.05) is 0 Å². The fraction of sp³-hybridized carbons (Fsp3) is 0.300. The van der Waals surface area contributed by atoms with E-state index < -0.39 is 0 Å². The highest BCUT2D eigenvalue weighted by Crippen LogP contribution is 2.43. The van der Waals surface area contributed by atoms with Gasteiger partial charge in [0.25, 0.3) is 11.8 Å². The third-order valence-electron chi connectivity index (χ3n) is 5.51. The highest BCUT2D eigenvalue weighted by Gasteiger charge is 2.42. The fourth-order valence-corrected chi connectivity index (χ4v) is 5.83. The van der Waals surface area contributed by atoms with Gasteiger partial charge in [-0.15, -0.1) is 22.7 Å². The van der Waals surface area contributed by atoms with Crippen LogP contribution in [0.4, 0.5) is 0 Å². The summed E-state index contributed by atoms with van der Waals surface area (Å²) in [6, 6.07) is 0. The lowest BCUT2D eigenvalue weighted by atomic mass is 10.0. The molecule has 0 aromatic carbocycles. The zero-order valence-electron chi connectivity index (χ0n) is 15.6. The highest BCUT2D eigenvalue weighted by atomic mass is 32.1. The second kappa shape index (κ2) is 5.66. The molecule has 0 radical (unpaired) electrons. The van der Waals surface area contributed by atoms with Crippen molar-refractivity contribution in [2.24, 2.45) is 0 Å². The van der Waals surface area contributed by atoms with Crippen molar-refractivity contribution >= 4 is 45.9 Å². The van der Waals surface area contributed by atoms with E-state index in [1.54, 1.807) is 22.7 Å². The molecule has 0 fully saturated rings. The molecule has 4 nitrogen and oxygen atoms in total. The molecule has 134 valence electrons. The Morgan fingerprint density at radius 2 is 0.923 bits per heavy atom. The molecule has 0 atom stereocenters. The van der Waals surface area contributed by atoms with Crippen LogP contribution in [0.1, 0.15) is 41.8 Å². The van der Waals surface area contributed by atoms with Gasteiger partial charge < -0.3 is 10.6 Å². The number of rotatable bonds is 2. The van der Waals surface area contributed by atoms with Crippen LogP contribution >= 0.6 is 22.7 Å². The maximum Gasteiger partial charge on any atom is 0.258 e. The van der Waals surface area contributed by atoms with Crippen molar-refractivity contribution in [3.05, 3.63) is 52.9 Å². The number of aryl methyl sites for hydroxylation is 2. The quantitative estimate of drug-likeness (QED) is 0.821. The van der Waals surface area contributed by atoms with E-state index in [0.29, 0.717) is 22.5 Å². The fourth-order valence-electron chi connectivity index (χ4n) is 3.48. The van der Waals surface area contributed by atoms with Gasteiger partial charge >= 0.3 is 0 Å². The van der Waals surface area contributed by atoms with E-state index in [-0.39, 0.29) is 11.8 Å². The van der Waals surface area contributed by atoms with Gasteiger partial charge in [0.1, 0.15) is 0 Å². The summed E-state index contributed by atoms with van der Waals surface area (Å²) in [5.74, 6) is -0.399. The van der Waals surface area contributed by atoms with Crippen LogP contribution in [0.3, 0.4) is 0 Å². The third-order valence-corrected chi connectivity index (χ3v) is 8.16. The first kappa shape index (κ1) is 17.2. The van der Waals surface area contributed by atoms with Crippen molar-refractivity contribution in [2.45, 2.75) is 41.5 Å². The molecule has 2 aromatic rings. The standard InChI is InChI=1S/C20H20N2O2S2/c1-7-9(3)17(25-11(7)5)15-13-14(20(24)21-15)16(22-19(13)23)18-10(4)8(2)12(6)26-18/h1-6H3,(H,21,24)(H,22,23). The molecule has 0 saturated carbocycles. The zero-order valence-corrected chi connectivity index (χ0v) is 17.3. The highest BCUT2D eigenvalue weighted by molar-refractivity contribution is 7.14. The van der Waals surface area contributed by atoms with Gasteiger partial charge in [-0.25, -0.2) is 0 Å². The first-order chi connectivity index (χ1) is 12.2. The van der Waals surface area contributed by atoms with Crippen LogP contribution in [0.2, 0.25) is 0 Å². The minimum absolute atomic E-state index is 0.199. The Hall–Kier alpha value is -2.18. The lowest BCUT2D eigenvalue weighted by Gasteiger charge is -2.06. The van der Waals surface area contributed by atoms with Gasteiger partial charge in [-0.2, -0.15) is 0 Å². The largest absolute Gasteiger partial charge is 0.320 e. The van der Waals surface area contributed by atoms with Crippen molar-refractivity contribution in [1.82, 2.24) is 10.6 Å². The van der Waals surface area contributed by atoms with Gasteiger partial charge in [-0.05, 0) is 63.8 Å². The van der Waals surface area contributed by atoms with E-state index in [2.05, 4.69) is 38.3 Å². The van der Waals surface area contributed by atoms with Crippen LogP contribution in [-0.4, -0.2) is 11.8 Å². The maximum atomic E-state index is 12.8. The molecule has 0 bridgehead atoms. The molecule has 4 heterocycles. The first-order valence-electron chi connectivity index (χ1n) is 8.47. The van der Waals surface area contributed by atoms with E-state index >= 15 is 0 Å². The van der Waals surface area contributed by atoms with E-state index in [9.17, 15) is 9.59 Å². The topological polar surface area (TPSA) is 58.2 Å². The van der Waals surface area contributed by atoms with Crippen molar-refractivity contribution in [1.29, 1.82) is 0 Å². The zero-order chi connectivity index (χ0) is 18.9. The molecule has 4 rings (SSSR count). The lowest BCUT2D eigenvalue weighted by molar-refractivity contribution is -0.117. The molecule has 0 aliphatic carbocycles. The summed E-state index contributed by atoms with van der Waals surface area (Å²) in [6.45, 7) is 12.4. The monoisotopic (exact) mass is 384 g/mol. The van der Waals surface area contributed by atoms with E-state index in [1.165, 1.54) is 20.9 Å². The average Bonchev–Trinajstić information content (AvgIpc) is 3.26. The van der Waals surface area contributed by atoms with Crippen LogP contribution in [-0.2, 0) is 9.59 Å². The molecule has 2 aromatic heterocycles. The summed E-state index contributed by atoms with van der Waals surface area (Å²) in [6.07, 6.45) is 0. The van der Waals surface area contributed by atoms with Gasteiger partial charge in [0.2, 0.25) is 0 Å². The Bertz CT molecular complexity index is 994. The molecule has 0 spiro atoms. The Morgan fingerprint density at radius 3 is 1.19 bits per heavy atom. The third kappa shape index (κ3) is 2.18. The Kier molecular flexibility index (Phi) is 3.75. The summed E-state index contributed by atoms with van der Waals surface area (Å²) < 4.78 is 0. The molecule has 0 unspecified atom stereocenters. The number of hydrogen-bond donors (Lipinski definition) is 2. The van der Waals surface area contributed by atoms with Crippen LogP contribution in [0.5, 0.6) is 0 Å². The minimum atomic E-state index is -0.199. The second-order valence-corrected chi connectivity index (χ2v) is 9.33. The molecule has 0 saturated heterocycles. The molecule has 26 heavy (non-hydrogen) atoms. The van der Waals surface area contributed by atoms with Crippen molar-refractivity contribution < 1.29 is 9.59 Å². The maximum absolute atomic E-state index is 12.8. The van der Waals surface area contributed by atoms with E-state index in [4.69, 9.17) is 0 Å². The molecule has 2 N–H and O–H groups in total. The predicted octanol–water partition coefficient (Wildman–Crippen LogP) is 4.04. The van der Waals surface area contributed by atoms with Crippen molar-refractivity contribution in [3.8, 4) is 0 Å². The number of nitrogens with one attached hydrogen (secondary N) is 2. The minimum Gasteiger partial charge on any atom is -0.320 e. The summed E-state index contributed by atoms with van der Waals surface area (Å²) in [7, 11) is 0. The van der Waals surface area contributed by atoms with Gasteiger partial charge in [-0.3, -0.25) is 9.59 Å². The molecule has 2 aliphatic rings. The Morgan fingerprint density at radius 1 is 0.577 bits per heavy atom. The molecule has 6 heteroatoms. The van der Waals surface area contributed by atoms with Gasteiger partial charge in [0.15, 0.2) is 0 Å². The van der Waals surface area contributed by atoms with Crippen molar-refractivity contribution in [3.63, 3.8) is 0 Å². The Balaban J connectivity index is 1.97. The summed E-state index contributed by atoms with van der Waals surface area (Å²) in [5.41, 5.74) is 6.94. The van der Waals surface area contributed by atoms with Crippen LogP contribution in [0.15, 0.2) is 11.1 Å². The number of amides is 2. The lowest BCUT2D eigenvalue weighted by Crippen LogP contribution is -2.21. The number of carbonyl (C=O) groups excluding carboxylic acids is 2. The van der Waals surface area contributed by atoms with Crippen molar-refractivity contribution in [2.75, 3.05) is 0 Å². The summed E-state index contributed by atoms with van der Waals surface area (Å²) in [4.78, 5) is 29.9. The van der Waals surface area contributed by atoms with E-state index in [1.807, 2.05) is 13.8 Å². The van der Waals surface area contributed by atoms with E-state index in [0.717, 1.165) is 20.9 Å². The SMILES string of the molecule is Cc1sc(C2=C3C(=O)NC(c4sc(C)c(C)c4C)=C3C(=O)N2)c(C)c1C. The second-order valence-electron chi connectivity index (χ2n) is 6.88. The van der Waals surface area contributed by atoms with Gasteiger partial charge in [0, 0.05) is 9.75 Å². The smallest absolute Gasteiger partial charge is 0.258 e. The van der Waals surface area contributed by atoms with Crippen LogP contribution in [0, 0.1) is 41.5 Å². The van der Waals surface area contributed by atoms with Gasteiger partial charge in [0.05, 0.1) is 32.3 Å². The normalized spacial score (nSPS) is 16.5. The average molecular weight is 385 g/mol. The summed E-state index contributed by atoms with van der Waals surface area (Å²) >= 11 is 3.25. The number of hydrogen-bond acceptors (Lipinski definition) is 4. The van der Waals surface area contributed by atoms with Crippen LogP contribution in [0.25, 0.3) is 11.4 Å². The molecular formula is C20H20N2O2S2. The molecule has 2 aliphatic heterocycles. The number of fused-ring (bicyclic) bond motifs is 1. The van der Waals surface area contributed by atoms with Crippen LogP contribution < -0.4 is 10.6 Å². The molecular weight excluding hydrogens is 364 g/mol. The predicted molar refractivity (Wildman–Crippen MR) is 107 cm³/mol.